The average Bonchev–Trinajstić information content (AvgIpc) is 2.85. The molecule has 0 aliphatic carbocycles. The van der Waals surface area contributed by atoms with Gasteiger partial charge in [-0.25, -0.2) is 9.50 Å². The second kappa shape index (κ2) is 7.00. The monoisotopic (exact) mass is 290 g/mol. The molecular formula is C16H26N4O. The predicted molar refractivity (Wildman–Crippen MR) is 84.4 cm³/mol. The summed E-state index contributed by atoms with van der Waals surface area (Å²) in [7, 11) is 0. The van der Waals surface area contributed by atoms with Crippen LogP contribution in [0, 0.1) is 19.8 Å². The molecule has 116 valence electrons. The molecule has 2 aromatic heterocycles. The fourth-order valence-corrected chi connectivity index (χ4v) is 2.57. The summed E-state index contributed by atoms with van der Waals surface area (Å²) in [5, 5.41) is 17.0. The van der Waals surface area contributed by atoms with E-state index in [-0.39, 0.29) is 12.6 Å². The van der Waals surface area contributed by atoms with Gasteiger partial charge in [0.25, 0.3) is 0 Å². The zero-order chi connectivity index (χ0) is 15.4. The first-order chi connectivity index (χ1) is 10.0. The molecule has 0 amide bonds. The van der Waals surface area contributed by atoms with Gasteiger partial charge in [0.2, 0.25) is 0 Å². The van der Waals surface area contributed by atoms with Crippen LogP contribution in [0.5, 0.6) is 0 Å². The van der Waals surface area contributed by atoms with Crippen molar-refractivity contribution in [2.45, 2.75) is 46.6 Å². The summed E-state index contributed by atoms with van der Waals surface area (Å²) in [6.45, 7) is 9.52. The van der Waals surface area contributed by atoms with E-state index in [0.29, 0.717) is 5.92 Å². The van der Waals surface area contributed by atoms with Crippen molar-refractivity contribution in [3.8, 4) is 0 Å². The third-order valence-corrected chi connectivity index (χ3v) is 3.99. The Kier molecular flexibility index (Phi) is 5.31. The number of hydrogen-bond acceptors (Lipinski definition) is 4. The lowest BCUT2D eigenvalue weighted by Gasteiger charge is -2.17. The average molecular weight is 290 g/mol. The first kappa shape index (κ1) is 15.9. The van der Waals surface area contributed by atoms with Crippen LogP contribution >= 0.6 is 0 Å². The van der Waals surface area contributed by atoms with Gasteiger partial charge < -0.3 is 10.4 Å². The van der Waals surface area contributed by atoms with E-state index in [0.717, 1.165) is 36.4 Å². The van der Waals surface area contributed by atoms with Crippen molar-refractivity contribution in [1.82, 2.24) is 19.9 Å². The molecule has 2 aromatic rings. The van der Waals surface area contributed by atoms with Crippen LogP contribution in [0.4, 0.5) is 0 Å². The molecule has 2 rings (SSSR count). The molecule has 0 spiro atoms. The van der Waals surface area contributed by atoms with E-state index in [9.17, 15) is 0 Å². The van der Waals surface area contributed by atoms with Gasteiger partial charge in [-0.1, -0.05) is 6.92 Å². The van der Waals surface area contributed by atoms with Crippen molar-refractivity contribution in [3.05, 3.63) is 29.2 Å². The van der Waals surface area contributed by atoms with Crippen LogP contribution in [0.2, 0.25) is 0 Å². The number of hydrogen-bond donors (Lipinski definition) is 2. The van der Waals surface area contributed by atoms with Crippen LogP contribution in [-0.2, 0) is 0 Å². The molecule has 0 aliphatic heterocycles. The summed E-state index contributed by atoms with van der Waals surface area (Å²) in [6, 6.07) is 2.24. The van der Waals surface area contributed by atoms with E-state index in [2.05, 4.69) is 36.2 Å². The second-order valence-electron chi connectivity index (χ2n) is 5.96. The molecule has 2 unspecified atom stereocenters. The summed E-state index contributed by atoms with van der Waals surface area (Å²) < 4.78 is 1.91. The van der Waals surface area contributed by atoms with Gasteiger partial charge >= 0.3 is 0 Å². The molecular weight excluding hydrogens is 264 g/mol. The molecule has 2 heterocycles. The highest BCUT2D eigenvalue weighted by Crippen LogP contribution is 2.18. The van der Waals surface area contributed by atoms with Crippen LogP contribution in [0.3, 0.4) is 0 Å². The Balaban J connectivity index is 1.99. The SMILES string of the molecule is Cc1cc2ncc(C(C)NCCCC(C)CO)c(C)n2n1. The highest BCUT2D eigenvalue weighted by molar-refractivity contribution is 5.42. The smallest absolute Gasteiger partial charge is 0.155 e. The maximum absolute atomic E-state index is 9.02. The highest BCUT2D eigenvalue weighted by atomic mass is 16.3. The molecule has 0 bridgehead atoms. The summed E-state index contributed by atoms with van der Waals surface area (Å²) in [6.07, 6.45) is 4.06. The minimum Gasteiger partial charge on any atom is -0.396 e. The van der Waals surface area contributed by atoms with Crippen LogP contribution < -0.4 is 5.32 Å². The lowest BCUT2D eigenvalue weighted by Crippen LogP contribution is -2.22. The van der Waals surface area contributed by atoms with E-state index in [1.165, 1.54) is 5.56 Å². The topological polar surface area (TPSA) is 62.5 Å². The molecule has 0 saturated heterocycles. The predicted octanol–water partition coefficient (Wildman–Crippen LogP) is 2.41. The number of fused-ring (bicyclic) bond motifs is 1. The number of nitrogens with one attached hydrogen (secondary N) is 1. The lowest BCUT2D eigenvalue weighted by molar-refractivity contribution is 0.227. The maximum atomic E-state index is 9.02. The molecule has 0 aromatic carbocycles. The van der Waals surface area contributed by atoms with Crippen molar-refractivity contribution in [1.29, 1.82) is 0 Å². The molecule has 0 aliphatic rings. The summed E-state index contributed by atoms with van der Waals surface area (Å²) in [5.74, 6) is 0.383. The minimum atomic E-state index is 0.246. The molecule has 0 fully saturated rings. The van der Waals surface area contributed by atoms with E-state index in [1.54, 1.807) is 0 Å². The van der Waals surface area contributed by atoms with Gasteiger partial charge in [0, 0.05) is 36.2 Å². The molecule has 2 atom stereocenters. The van der Waals surface area contributed by atoms with Gasteiger partial charge in [0.1, 0.15) is 0 Å². The standard InChI is InChI=1S/C16H26N4O/c1-11(10-21)6-5-7-17-13(3)15-9-18-16-8-12(2)19-20(16)14(15)4/h8-9,11,13,17,21H,5-7,10H2,1-4H3. The fourth-order valence-electron chi connectivity index (χ4n) is 2.57. The number of aliphatic hydroxyl groups is 1. The summed E-state index contributed by atoms with van der Waals surface area (Å²) >= 11 is 0. The van der Waals surface area contributed by atoms with Crippen molar-refractivity contribution in [3.63, 3.8) is 0 Å². The van der Waals surface area contributed by atoms with E-state index >= 15 is 0 Å². The normalized spacial score (nSPS) is 14.5. The number of aliphatic hydroxyl groups excluding tert-OH is 1. The third-order valence-electron chi connectivity index (χ3n) is 3.99. The first-order valence-electron chi connectivity index (χ1n) is 7.69. The van der Waals surface area contributed by atoms with Crippen molar-refractivity contribution in [2.75, 3.05) is 13.2 Å². The Morgan fingerprint density at radius 2 is 2.10 bits per heavy atom. The van der Waals surface area contributed by atoms with Gasteiger partial charge in [0.15, 0.2) is 5.65 Å². The number of aromatic nitrogens is 3. The zero-order valence-electron chi connectivity index (χ0n) is 13.4. The van der Waals surface area contributed by atoms with Crippen molar-refractivity contribution in [2.24, 2.45) is 5.92 Å². The van der Waals surface area contributed by atoms with E-state index in [1.807, 2.05) is 23.7 Å². The van der Waals surface area contributed by atoms with Crippen LogP contribution in [-0.4, -0.2) is 32.9 Å². The quantitative estimate of drug-likeness (QED) is 0.769. The van der Waals surface area contributed by atoms with E-state index in [4.69, 9.17) is 5.11 Å². The Hall–Kier alpha value is -1.46. The molecule has 5 heteroatoms. The van der Waals surface area contributed by atoms with Gasteiger partial charge in [0.05, 0.1) is 5.69 Å². The number of aryl methyl sites for hydroxylation is 2. The zero-order valence-corrected chi connectivity index (χ0v) is 13.4. The van der Waals surface area contributed by atoms with Gasteiger partial charge in [-0.3, -0.25) is 0 Å². The second-order valence-corrected chi connectivity index (χ2v) is 5.96. The minimum absolute atomic E-state index is 0.246. The lowest BCUT2D eigenvalue weighted by atomic mass is 10.1. The Bertz CT molecular complexity index is 593. The Labute approximate surface area is 126 Å². The van der Waals surface area contributed by atoms with Crippen LogP contribution in [0.1, 0.15) is 49.7 Å². The Morgan fingerprint density at radius 1 is 1.33 bits per heavy atom. The van der Waals surface area contributed by atoms with Crippen molar-refractivity contribution < 1.29 is 5.11 Å². The van der Waals surface area contributed by atoms with Gasteiger partial charge in [-0.05, 0) is 46.1 Å². The van der Waals surface area contributed by atoms with Gasteiger partial charge in [-0.15, -0.1) is 0 Å². The largest absolute Gasteiger partial charge is 0.396 e. The third kappa shape index (κ3) is 3.80. The number of nitrogens with zero attached hydrogens (tertiary/aromatic N) is 3. The van der Waals surface area contributed by atoms with Crippen LogP contribution in [0.15, 0.2) is 12.3 Å². The van der Waals surface area contributed by atoms with Crippen molar-refractivity contribution >= 4 is 5.65 Å². The fraction of sp³-hybridized carbons (Fsp3) is 0.625. The molecule has 2 N–H and O–H groups in total. The van der Waals surface area contributed by atoms with E-state index < -0.39 is 0 Å². The molecule has 0 saturated carbocycles. The molecule has 0 radical (unpaired) electrons. The summed E-state index contributed by atoms with van der Waals surface area (Å²) in [5.41, 5.74) is 4.21. The Morgan fingerprint density at radius 3 is 2.81 bits per heavy atom. The van der Waals surface area contributed by atoms with Crippen LogP contribution in [0.25, 0.3) is 5.65 Å². The van der Waals surface area contributed by atoms with Gasteiger partial charge in [-0.2, -0.15) is 5.10 Å². The summed E-state index contributed by atoms with van der Waals surface area (Å²) in [4.78, 5) is 4.48. The maximum Gasteiger partial charge on any atom is 0.155 e. The molecule has 21 heavy (non-hydrogen) atoms. The first-order valence-corrected chi connectivity index (χ1v) is 7.69. The highest BCUT2D eigenvalue weighted by Gasteiger charge is 2.12. The number of rotatable bonds is 7. The molecule has 5 nitrogen and oxygen atoms in total.